The molecule has 2 N–H and O–H groups in total. The van der Waals surface area contributed by atoms with Gasteiger partial charge in [-0.05, 0) is 12.1 Å². The highest BCUT2D eigenvalue weighted by Gasteiger charge is 2.29. The summed E-state index contributed by atoms with van der Waals surface area (Å²) in [5.41, 5.74) is 0.597. The van der Waals surface area contributed by atoms with Crippen LogP contribution in [0.1, 0.15) is 16.8 Å². The highest BCUT2D eigenvalue weighted by atomic mass is 16.3. The van der Waals surface area contributed by atoms with Crippen molar-refractivity contribution in [3.63, 3.8) is 0 Å². The van der Waals surface area contributed by atoms with Gasteiger partial charge < -0.3 is 15.3 Å². The number of hydrogen-bond acceptors (Lipinski definition) is 3. The van der Waals surface area contributed by atoms with Gasteiger partial charge in [-0.15, -0.1) is 0 Å². The zero-order valence-electron chi connectivity index (χ0n) is 10.7. The molecule has 1 aromatic carbocycles. The summed E-state index contributed by atoms with van der Waals surface area (Å²) in [6.07, 6.45) is 0.302. The number of nitrogens with one attached hydrogen (secondary N) is 1. The van der Waals surface area contributed by atoms with E-state index in [2.05, 4.69) is 5.32 Å². The molecule has 19 heavy (non-hydrogen) atoms. The van der Waals surface area contributed by atoms with E-state index in [-0.39, 0.29) is 24.3 Å². The fourth-order valence-electron chi connectivity index (χ4n) is 2.02. The van der Waals surface area contributed by atoms with Crippen LogP contribution in [-0.2, 0) is 4.79 Å². The van der Waals surface area contributed by atoms with Gasteiger partial charge in [-0.1, -0.05) is 18.2 Å². The molecule has 0 spiro atoms. The second-order valence-electron chi connectivity index (χ2n) is 4.72. The highest BCUT2D eigenvalue weighted by molar-refractivity contribution is 5.94. The van der Waals surface area contributed by atoms with E-state index in [9.17, 15) is 9.59 Å². The Hall–Kier alpha value is -1.88. The van der Waals surface area contributed by atoms with Crippen LogP contribution in [0.4, 0.5) is 0 Å². The van der Waals surface area contributed by atoms with E-state index in [1.807, 2.05) is 6.07 Å². The lowest BCUT2D eigenvalue weighted by Crippen LogP contribution is -2.51. The van der Waals surface area contributed by atoms with Crippen molar-refractivity contribution < 1.29 is 14.7 Å². The van der Waals surface area contributed by atoms with Crippen LogP contribution in [0.15, 0.2) is 30.3 Å². The van der Waals surface area contributed by atoms with Crippen LogP contribution in [0, 0.1) is 5.92 Å². The van der Waals surface area contributed by atoms with Gasteiger partial charge in [0.1, 0.15) is 0 Å². The summed E-state index contributed by atoms with van der Waals surface area (Å²) in [7, 11) is 0. The van der Waals surface area contributed by atoms with Crippen molar-refractivity contribution in [2.75, 3.05) is 26.2 Å². The third-order valence-corrected chi connectivity index (χ3v) is 3.23. The molecule has 1 heterocycles. The minimum absolute atomic E-state index is 0.0260. The standard InChI is InChI=1S/C14H18N2O3/c17-10-11-8-16(9-11)13(18)6-7-15-14(19)12-4-2-1-3-5-12/h1-5,11,17H,6-10H2,(H,15,19). The number of likely N-dealkylation sites (tertiary alicyclic amines) is 1. The maximum atomic E-state index is 11.7. The molecule has 5 heteroatoms. The number of aliphatic hydroxyl groups excluding tert-OH is 1. The van der Waals surface area contributed by atoms with Crippen molar-refractivity contribution in [2.24, 2.45) is 5.92 Å². The monoisotopic (exact) mass is 262 g/mol. The topological polar surface area (TPSA) is 69.6 Å². The van der Waals surface area contributed by atoms with E-state index in [4.69, 9.17) is 5.11 Å². The van der Waals surface area contributed by atoms with Crippen LogP contribution in [0.5, 0.6) is 0 Å². The fraction of sp³-hybridized carbons (Fsp3) is 0.429. The molecule has 0 bridgehead atoms. The maximum Gasteiger partial charge on any atom is 0.251 e. The first-order chi connectivity index (χ1) is 9.20. The van der Waals surface area contributed by atoms with Crippen molar-refractivity contribution in [3.05, 3.63) is 35.9 Å². The molecule has 2 rings (SSSR count). The summed E-state index contributed by atoms with van der Waals surface area (Å²) in [5, 5.41) is 11.6. The lowest BCUT2D eigenvalue weighted by Gasteiger charge is -2.38. The molecule has 0 radical (unpaired) electrons. The van der Waals surface area contributed by atoms with E-state index >= 15 is 0 Å². The van der Waals surface area contributed by atoms with Gasteiger partial charge in [-0.2, -0.15) is 0 Å². The molecule has 1 aliphatic heterocycles. The van der Waals surface area contributed by atoms with E-state index in [1.165, 1.54) is 0 Å². The number of carbonyl (C=O) groups is 2. The number of amides is 2. The number of aliphatic hydroxyl groups is 1. The Bertz CT molecular complexity index is 441. The van der Waals surface area contributed by atoms with Crippen molar-refractivity contribution >= 4 is 11.8 Å². The third kappa shape index (κ3) is 3.54. The van der Waals surface area contributed by atoms with Gasteiger partial charge in [0.05, 0.1) is 0 Å². The molecular formula is C14H18N2O3. The molecule has 0 unspecified atom stereocenters. The quantitative estimate of drug-likeness (QED) is 0.799. The number of nitrogens with zero attached hydrogens (tertiary/aromatic N) is 1. The minimum atomic E-state index is -0.162. The molecule has 0 saturated carbocycles. The van der Waals surface area contributed by atoms with Crippen molar-refractivity contribution in [2.45, 2.75) is 6.42 Å². The molecule has 0 aliphatic carbocycles. The van der Waals surface area contributed by atoms with Crippen LogP contribution in [0.3, 0.4) is 0 Å². The lowest BCUT2D eigenvalue weighted by molar-refractivity contribution is -0.138. The molecule has 0 atom stereocenters. The molecular weight excluding hydrogens is 244 g/mol. The molecule has 2 amide bonds. The molecule has 1 aromatic rings. The zero-order chi connectivity index (χ0) is 13.7. The minimum Gasteiger partial charge on any atom is -0.396 e. The largest absolute Gasteiger partial charge is 0.396 e. The second kappa shape index (κ2) is 6.33. The lowest BCUT2D eigenvalue weighted by atomic mass is 10.0. The Labute approximate surface area is 112 Å². The van der Waals surface area contributed by atoms with E-state index in [0.29, 0.717) is 31.6 Å². The molecule has 102 valence electrons. The molecule has 0 aromatic heterocycles. The number of carbonyl (C=O) groups excluding carboxylic acids is 2. The van der Waals surface area contributed by atoms with Gasteiger partial charge in [0.25, 0.3) is 5.91 Å². The van der Waals surface area contributed by atoms with Crippen LogP contribution >= 0.6 is 0 Å². The Morgan fingerprint density at radius 1 is 1.26 bits per heavy atom. The Balaban J connectivity index is 1.67. The van der Waals surface area contributed by atoms with Gasteiger partial charge >= 0.3 is 0 Å². The molecule has 1 fully saturated rings. The molecule has 1 aliphatic rings. The van der Waals surface area contributed by atoms with Crippen LogP contribution < -0.4 is 5.32 Å². The summed E-state index contributed by atoms with van der Waals surface area (Å²) in [6, 6.07) is 8.92. The summed E-state index contributed by atoms with van der Waals surface area (Å²) >= 11 is 0. The molecule has 1 saturated heterocycles. The van der Waals surface area contributed by atoms with E-state index in [0.717, 1.165) is 0 Å². The van der Waals surface area contributed by atoms with Crippen molar-refractivity contribution in [3.8, 4) is 0 Å². The Morgan fingerprint density at radius 3 is 2.58 bits per heavy atom. The second-order valence-corrected chi connectivity index (χ2v) is 4.72. The summed E-state index contributed by atoms with van der Waals surface area (Å²) < 4.78 is 0. The van der Waals surface area contributed by atoms with Crippen LogP contribution in [0.2, 0.25) is 0 Å². The Kier molecular flexibility index (Phi) is 4.52. The van der Waals surface area contributed by atoms with E-state index < -0.39 is 0 Å². The first kappa shape index (κ1) is 13.5. The normalized spacial score (nSPS) is 14.9. The number of rotatable bonds is 5. The average Bonchev–Trinajstić information content (AvgIpc) is 2.38. The first-order valence-corrected chi connectivity index (χ1v) is 6.42. The molecule has 5 nitrogen and oxygen atoms in total. The summed E-state index contributed by atoms with van der Waals surface area (Å²) in [6.45, 7) is 1.73. The zero-order valence-corrected chi connectivity index (χ0v) is 10.7. The summed E-state index contributed by atoms with van der Waals surface area (Å²) in [4.78, 5) is 25.1. The summed E-state index contributed by atoms with van der Waals surface area (Å²) in [5.74, 6) is 0.0890. The highest BCUT2D eigenvalue weighted by Crippen LogP contribution is 2.15. The number of benzene rings is 1. The van der Waals surface area contributed by atoms with Gasteiger partial charge in [0.2, 0.25) is 5.91 Å². The number of hydrogen-bond donors (Lipinski definition) is 2. The average molecular weight is 262 g/mol. The van der Waals surface area contributed by atoms with Crippen LogP contribution in [-0.4, -0.2) is 48.1 Å². The van der Waals surface area contributed by atoms with Gasteiger partial charge in [0.15, 0.2) is 0 Å². The predicted molar refractivity (Wildman–Crippen MR) is 70.5 cm³/mol. The third-order valence-electron chi connectivity index (χ3n) is 3.23. The Morgan fingerprint density at radius 2 is 1.95 bits per heavy atom. The predicted octanol–water partition coefficient (Wildman–Crippen LogP) is 0.257. The van der Waals surface area contributed by atoms with Gasteiger partial charge in [0, 0.05) is 44.1 Å². The maximum absolute atomic E-state index is 11.7. The smallest absolute Gasteiger partial charge is 0.251 e. The SMILES string of the molecule is O=C(NCCC(=O)N1CC(CO)C1)c1ccccc1. The van der Waals surface area contributed by atoms with Crippen LogP contribution in [0.25, 0.3) is 0 Å². The van der Waals surface area contributed by atoms with E-state index in [1.54, 1.807) is 29.2 Å². The fourth-order valence-corrected chi connectivity index (χ4v) is 2.02. The van der Waals surface area contributed by atoms with Gasteiger partial charge in [-0.3, -0.25) is 9.59 Å². The van der Waals surface area contributed by atoms with Crippen molar-refractivity contribution in [1.82, 2.24) is 10.2 Å². The van der Waals surface area contributed by atoms with Gasteiger partial charge in [-0.25, -0.2) is 0 Å². The van der Waals surface area contributed by atoms with Crippen molar-refractivity contribution in [1.29, 1.82) is 0 Å². The first-order valence-electron chi connectivity index (χ1n) is 6.42.